The van der Waals surface area contributed by atoms with Gasteiger partial charge in [-0.15, -0.1) is 24.0 Å². The number of carbonyl (C=O) groups is 1. The highest BCUT2D eigenvalue weighted by Gasteiger charge is 2.23. The molecule has 3 rings (SSSR count). The van der Waals surface area contributed by atoms with Gasteiger partial charge in [0.25, 0.3) is 5.91 Å². The highest BCUT2D eigenvalue weighted by atomic mass is 127. The molecule has 180 valence electrons. The smallest absolute Gasteiger partial charge is 0.252 e. The van der Waals surface area contributed by atoms with Crippen molar-refractivity contribution < 1.29 is 9.53 Å². The average molecular weight is 566 g/mol. The number of ether oxygens (including phenoxy) is 1. The van der Waals surface area contributed by atoms with Crippen molar-refractivity contribution in [2.45, 2.75) is 25.8 Å². The summed E-state index contributed by atoms with van der Waals surface area (Å²) >= 11 is 0. The van der Waals surface area contributed by atoms with Crippen LogP contribution in [0, 0.1) is 0 Å². The molecule has 1 aliphatic rings. The highest BCUT2D eigenvalue weighted by Crippen LogP contribution is 2.27. The third-order valence-corrected chi connectivity index (χ3v) is 5.48. The summed E-state index contributed by atoms with van der Waals surface area (Å²) in [6.07, 6.45) is 5.67. The van der Waals surface area contributed by atoms with Gasteiger partial charge in [-0.3, -0.25) is 19.7 Å². The molecule has 33 heavy (non-hydrogen) atoms. The van der Waals surface area contributed by atoms with Crippen LogP contribution in [0.25, 0.3) is 0 Å². The first-order chi connectivity index (χ1) is 15.7. The minimum absolute atomic E-state index is 0. The van der Waals surface area contributed by atoms with Gasteiger partial charge >= 0.3 is 0 Å². The summed E-state index contributed by atoms with van der Waals surface area (Å²) < 4.78 is 5.31. The summed E-state index contributed by atoms with van der Waals surface area (Å²) in [7, 11) is 1.69. The second-order valence-corrected chi connectivity index (χ2v) is 7.68. The van der Waals surface area contributed by atoms with E-state index in [0.29, 0.717) is 25.2 Å². The zero-order valence-electron chi connectivity index (χ0n) is 19.4. The van der Waals surface area contributed by atoms with Crippen LogP contribution < -0.4 is 20.7 Å². The van der Waals surface area contributed by atoms with Gasteiger partial charge in [0, 0.05) is 32.0 Å². The Balaban J connectivity index is 0.00000385. The van der Waals surface area contributed by atoms with Crippen LogP contribution in [0.2, 0.25) is 0 Å². The molecule has 1 aromatic carbocycles. The Bertz CT molecular complexity index is 857. The second kappa shape index (κ2) is 14.7. The van der Waals surface area contributed by atoms with E-state index >= 15 is 0 Å². The van der Waals surface area contributed by atoms with Crippen molar-refractivity contribution in [1.82, 2.24) is 25.8 Å². The van der Waals surface area contributed by atoms with Crippen LogP contribution in [-0.2, 0) is 0 Å². The van der Waals surface area contributed by atoms with Gasteiger partial charge in [-0.05, 0) is 62.7 Å². The first kappa shape index (κ1) is 26.8. The van der Waals surface area contributed by atoms with E-state index in [-0.39, 0.29) is 35.9 Å². The van der Waals surface area contributed by atoms with Crippen LogP contribution in [0.1, 0.15) is 41.7 Å². The minimum atomic E-state index is -0.129. The lowest BCUT2D eigenvalue weighted by Gasteiger charge is -2.27. The number of nitrogens with one attached hydrogen (secondary N) is 3. The number of carbonyl (C=O) groups excluding carboxylic acids is 1. The van der Waals surface area contributed by atoms with Gasteiger partial charge in [0.1, 0.15) is 5.75 Å². The number of guanidine groups is 1. The Morgan fingerprint density at radius 3 is 2.48 bits per heavy atom. The zero-order valence-corrected chi connectivity index (χ0v) is 21.7. The van der Waals surface area contributed by atoms with Crippen LogP contribution in [-0.4, -0.2) is 68.1 Å². The number of methoxy groups -OCH3 is 1. The van der Waals surface area contributed by atoms with E-state index in [9.17, 15) is 4.79 Å². The summed E-state index contributed by atoms with van der Waals surface area (Å²) in [6.45, 7) is 6.73. The molecule has 1 fully saturated rings. The van der Waals surface area contributed by atoms with Gasteiger partial charge in [-0.1, -0.05) is 12.1 Å². The van der Waals surface area contributed by atoms with E-state index in [1.54, 1.807) is 31.6 Å². The molecule has 2 aromatic rings. The molecular weight excluding hydrogens is 531 g/mol. The van der Waals surface area contributed by atoms with Crippen molar-refractivity contribution in [3.05, 3.63) is 59.9 Å². The zero-order chi connectivity index (χ0) is 22.6. The van der Waals surface area contributed by atoms with E-state index in [1.165, 1.54) is 18.4 Å². The lowest BCUT2D eigenvalue weighted by atomic mass is 10.1. The van der Waals surface area contributed by atoms with Crippen LogP contribution in [0.3, 0.4) is 0 Å². The predicted octanol–water partition coefficient (Wildman–Crippen LogP) is 2.83. The quantitative estimate of drug-likeness (QED) is 0.178. The molecule has 2 heterocycles. The van der Waals surface area contributed by atoms with Crippen LogP contribution >= 0.6 is 24.0 Å². The van der Waals surface area contributed by atoms with Crippen molar-refractivity contribution in [2.75, 3.05) is 46.4 Å². The fraction of sp³-hybridized carbons (Fsp3) is 0.458. The van der Waals surface area contributed by atoms with E-state index in [4.69, 9.17) is 9.73 Å². The van der Waals surface area contributed by atoms with Crippen molar-refractivity contribution in [1.29, 1.82) is 0 Å². The molecule has 1 aromatic heterocycles. The molecule has 0 saturated carbocycles. The summed E-state index contributed by atoms with van der Waals surface area (Å²) in [5.74, 6) is 1.48. The fourth-order valence-electron chi connectivity index (χ4n) is 3.79. The number of amides is 1. The van der Waals surface area contributed by atoms with Gasteiger partial charge in [-0.2, -0.15) is 0 Å². The van der Waals surface area contributed by atoms with Gasteiger partial charge in [0.2, 0.25) is 0 Å². The minimum Gasteiger partial charge on any atom is -0.497 e. The number of hydrogen-bond acceptors (Lipinski definition) is 5. The summed E-state index contributed by atoms with van der Waals surface area (Å²) in [5, 5.41) is 9.51. The number of halogens is 1. The summed E-state index contributed by atoms with van der Waals surface area (Å²) in [4.78, 5) is 23.5. The second-order valence-electron chi connectivity index (χ2n) is 7.68. The number of aromatic nitrogens is 1. The third-order valence-electron chi connectivity index (χ3n) is 5.48. The predicted molar refractivity (Wildman–Crippen MR) is 143 cm³/mol. The third kappa shape index (κ3) is 8.47. The number of nitrogens with zero attached hydrogens (tertiary/aromatic N) is 3. The molecule has 1 unspecified atom stereocenters. The molecule has 0 spiro atoms. The molecule has 1 aliphatic heterocycles. The maximum Gasteiger partial charge on any atom is 0.252 e. The largest absolute Gasteiger partial charge is 0.497 e. The molecule has 8 nitrogen and oxygen atoms in total. The van der Waals surface area contributed by atoms with Crippen molar-refractivity contribution >= 4 is 35.8 Å². The van der Waals surface area contributed by atoms with Gasteiger partial charge in [0.15, 0.2) is 5.96 Å². The molecule has 3 N–H and O–H groups in total. The molecular formula is C24H35IN6O2. The molecule has 1 amide bonds. The van der Waals surface area contributed by atoms with Crippen molar-refractivity contribution in [3.63, 3.8) is 0 Å². The monoisotopic (exact) mass is 566 g/mol. The number of likely N-dealkylation sites (tertiary alicyclic amines) is 1. The van der Waals surface area contributed by atoms with Crippen molar-refractivity contribution in [2.24, 2.45) is 4.99 Å². The molecule has 9 heteroatoms. The Morgan fingerprint density at radius 1 is 1.12 bits per heavy atom. The van der Waals surface area contributed by atoms with Gasteiger partial charge in [0.05, 0.1) is 25.3 Å². The maximum atomic E-state index is 12.1. The maximum absolute atomic E-state index is 12.1. The van der Waals surface area contributed by atoms with Crippen LogP contribution in [0.4, 0.5) is 0 Å². The summed E-state index contributed by atoms with van der Waals surface area (Å²) in [6, 6.07) is 12.0. The Hall–Kier alpha value is -2.40. The standard InChI is InChI=1S/C24H34N6O2.HI/c1-3-26-24(28-14-13-27-23(31)20-7-6-12-25-17-20)29-18-22(30-15-4-5-16-30)19-8-10-21(32-2)11-9-19;/h6-12,17,22H,3-5,13-16,18H2,1-2H3,(H,27,31)(H2,26,28,29);1H. The van der Waals surface area contributed by atoms with E-state index < -0.39 is 0 Å². The molecule has 0 aliphatic carbocycles. The summed E-state index contributed by atoms with van der Waals surface area (Å²) in [5.41, 5.74) is 1.80. The van der Waals surface area contributed by atoms with Gasteiger partial charge in [-0.25, -0.2) is 0 Å². The topological polar surface area (TPSA) is 90.9 Å². The van der Waals surface area contributed by atoms with Crippen molar-refractivity contribution in [3.8, 4) is 5.75 Å². The Morgan fingerprint density at radius 2 is 1.85 bits per heavy atom. The molecule has 1 atom stereocenters. The first-order valence-corrected chi connectivity index (χ1v) is 11.3. The fourth-order valence-corrected chi connectivity index (χ4v) is 3.79. The Labute approximate surface area is 213 Å². The highest BCUT2D eigenvalue weighted by molar-refractivity contribution is 14.0. The first-order valence-electron chi connectivity index (χ1n) is 11.3. The number of benzene rings is 1. The van der Waals surface area contributed by atoms with E-state index in [2.05, 4.69) is 38.0 Å². The number of rotatable bonds is 10. The SMILES string of the molecule is CCNC(=NCC(c1ccc(OC)cc1)N1CCCC1)NCCNC(=O)c1cccnc1.I. The lowest BCUT2D eigenvalue weighted by molar-refractivity contribution is 0.0954. The lowest BCUT2D eigenvalue weighted by Crippen LogP contribution is -2.42. The normalized spacial score (nSPS) is 14.8. The van der Waals surface area contributed by atoms with Gasteiger partial charge < -0.3 is 20.7 Å². The van der Waals surface area contributed by atoms with Crippen LogP contribution in [0.15, 0.2) is 53.8 Å². The van der Waals surface area contributed by atoms with Crippen LogP contribution in [0.5, 0.6) is 5.75 Å². The average Bonchev–Trinajstić information content (AvgIpc) is 3.37. The molecule has 0 radical (unpaired) electrons. The number of hydrogen-bond donors (Lipinski definition) is 3. The van der Waals surface area contributed by atoms with E-state index in [0.717, 1.165) is 31.3 Å². The number of pyridine rings is 1. The van der Waals surface area contributed by atoms with E-state index in [1.807, 2.05) is 19.1 Å². The molecule has 0 bridgehead atoms. The number of aliphatic imine (C=N–C) groups is 1. The molecule has 1 saturated heterocycles. The Kier molecular flexibility index (Phi) is 12.0.